The molecule has 0 amide bonds. The Hall–Kier alpha value is -1.61. The van der Waals surface area contributed by atoms with Crippen LogP contribution in [0.1, 0.15) is 25.0 Å². The second kappa shape index (κ2) is 5.36. The van der Waals surface area contributed by atoms with Gasteiger partial charge < -0.3 is 4.74 Å². The molecular weight excluding hydrogens is 250 g/mol. The average molecular weight is 263 g/mol. The molecule has 0 spiro atoms. The zero-order valence-corrected chi connectivity index (χ0v) is 10.9. The van der Waals surface area contributed by atoms with Crippen molar-refractivity contribution in [3.05, 3.63) is 18.1 Å². The van der Waals surface area contributed by atoms with Crippen molar-refractivity contribution in [3.63, 3.8) is 0 Å². The summed E-state index contributed by atoms with van der Waals surface area (Å²) in [6.07, 6.45) is 5.57. The molecule has 0 N–H and O–H groups in total. The summed E-state index contributed by atoms with van der Waals surface area (Å²) in [5.74, 6) is 0.600. The molecule has 1 heterocycles. The highest BCUT2D eigenvalue weighted by Gasteiger charge is 2.44. The molecule has 0 aliphatic heterocycles. The second-order valence-electron chi connectivity index (χ2n) is 4.36. The third-order valence-corrected chi connectivity index (χ3v) is 4.32. The molecule has 6 heteroatoms. The predicted octanol–water partition coefficient (Wildman–Crippen LogP) is 1.78. The molecule has 0 unspecified atom stereocenters. The van der Waals surface area contributed by atoms with Crippen LogP contribution in [-0.2, 0) is 9.53 Å². The summed E-state index contributed by atoms with van der Waals surface area (Å²) in [5.41, 5.74) is 0.374. The number of aromatic nitrogens is 2. The number of carbonyl (C=O) groups excluding carboxylic acids is 1. The van der Waals surface area contributed by atoms with Crippen molar-refractivity contribution in [2.75, 3.05) is 12.9 Å². The zero-order valence-electron chi connectivity index (χ0n) is 10.0. The van der Waals surface area contributed by atoms with E-state index < -0.39 is 0 Å². The van der Waals surface area contributed by atoms with Crippen molar-refractivity contribution in [2.24, 2.45) is 5.41 Å². The maximum atomic E-state index is 11.3. The second-order valence-corrected chi connectivity index (χ2v) is 5.33. The van der Waals surface area contributed by atoms with Crippen molar-refractivity contribution in [2.45, 2.75) is 24.3 Å². The average Bonchev–Trinajstić information content (AvgIpc) is 3.16. The van der Waals surface area contributed by atoms with Crippen LogP contribution in [0.4, 0.5) is 0 Å². The molecule has 0 atom stereocenters. The van der Waals surface area contributed by atoms with Crippen LogP contribution in [0, 0.1) is 16.7 Å². The fraction of sp³-hybridized carbons (Fsp3) is 0.500. The summed E-state index contributed by atoms with van der Waals surface area (Å²) in [6.45, 7) is 0. The summed E-state index contributed by atoms with van der Waals surface area (Å²) in [5, 5.41) is 9.54. The molecule has 0 radical (unpaired) electrons. The summed E-state index contributed by atoms with van der Waals surface area (Å²) in [7, 11) is 1.40. The van der Waals surface area contributed by atoms with E-state index in [4.69, 9.17) is 10.00 Å². The maximum Gasteiger partial charge on any atom is 0.306 e. The van der Waals surface area contributed by atoms with Gasteiger partial charge in [0.2, 0.25) is 0 Å². The Morgan fingerprint density at radius 2 is 2.28 bits per heavy atom. The molecule has 1 aromatic heterocycles. The van der Waals surface area contributed by atoms with Crippen molar-refractivity contribution in [1.29, 1.82) is 5.26 Å². The van der Waals surface area contributed by atoms with Crippen LogP contribution < -0.4 is 0 Å². The quantitative estimate of drug-likeness (QED) is 0.595. The summed E-state index contributed by atoms with van der Waals surface area (Å²) < 4.78 is 4.69. The normalized spacial score (nSPS) is 15.8. The topological polar surface area (TPSA) is 75.9 Å². The number of hydrogen-bond acceptors (Lipinski definition) is 6. The highest BCUT2D eigenvalue weighted by Crippen LogP contribution is 2.52. The largest absolute Gasteiger partial charge is 0.469 e. The van der Waals surface area contributed by atoms with Gasteiger partial charge in [0.05, 0.1) is 13.5 Å². The van der Waals surface area contributed by atoms with Crippen molar-refractivity contribution in [1.82, 2.24) is 9.97 Å². The highest BCUT2D eigenvalue weighted by molar-refractivity contribution is 7.99. The van der Waals surface area contributed by atoms with E-state index in [0.717, 1.165) is 18.6 Å². The van der Waals surface area contributed by atoms with Gasteiger partial charge in [0.15, 0.2) is 5.69 Å². The van der Waals surface area contributed by atoms with E-state index in [1.165, 1.54) is 25.1 Å². The van der Waals surface area contributed by atoms with Crippen molar-refractivity contribution >= 4 is 17.7 Å². The van der Waals surface area contributed by atoms with Gasteiger partial charge in [-0.05, 0) is 18.3 Å². The summed E-state index contributed by atoms with van der Waals surface area (Å²) in [4.78, 5) is 19.4. The van der Waals surface area contributed by atoms with Crippen molar-refractivity contribution < 1.29 is 9.53 Å². The molecule has 0 saturated heterocycles. The minimum atomic E-state index is -0.173. The first-order chi connectivity index (χ1) is 8.69. The summed E-state index contributed by atoms with van der Waals surface area (Å²) in [6, 6.07) is 2.02. The first-order valence-electron chi connectivity index (χ1n) is 5.60. The molecule has 5 nitrogen and oxygen atoms in total. The van der Waals surface area contributed by atoms with Crippen LogP contribution in [-0.4, -0.2) is 28.8 Å². The number of carbonyl (C=O) groups is 1. The van der Waals surface area contributed by atoms with Crippen LogP contribution in [0.5, 0.6) is 0 Å². The third-order valence-electron chi connectivity index (χ3n) is 2.99. The Labute approximate surface area is 110 Å². The molecule has 0 bridgehead atoms. The van der Waals surface area contributed by atoms with Gasteiger partial charge in [0, 0.05) is 18.1 Å². The number of ether oxygens (including phenoxy) is 1. The highest BCUT2D eigenvalue weighted by atomic mass is 32.2. The lowest BCUT2D eigenvalue weighted by Crippen LogP contribution is -2.13. The van der Waals surface area contributed by atoms with E-state index in [1.54, 1.807) is 6.20 Å². The SMILES string of the molecule is COC(=O)CC1(CSc2nccnc2C#N)CC1. The molecule has 1 aromatic rings. The molecule has 1 fully saturated rings. The van der Waals surface area contributed by atoms with Crippen LogP contribution in [0.25, 0.3) is 0 Å². The van der Waals surface area contributed by atoms with Gasteiger partial charge in [-0.2, -0.15) is 5.26 Å². The fourth-order valence-electron chi connectivity index (χ4n) is 1.66. The molecule has 94 valence electrons. The van der Waals surface area contributed by atoms with Gasteiger partial charge in [-0.1, -0.05) is 0 Å². The number of rotatable bonds is 5. The molecule has 1 aliphatic carbocycles. The maximum absolute atomic E-state index is 11.3. The number of thioether (sulfide) groups is 1. The van der Waals surface area contributed by atoms with Gasteiger partial charge in [-0.3, -0.25) is 4.79 Å². The predicted molar refractivity (Wildman–Crippen MR) is 65.8 cm³/mol. The Morgan fingerprint density at radius 1 is 1.56 bits per heavy atom. The number of nitriles is 1. The van der Waals surface area contributed by atoms with Gasteiger partial charge in [0.1, 0.15) is 11.1 Å². The van der Waals surface area contributed by atoms with Crippen LogP contribution >= 0.6 is 11.8 Å². The standard InChI is InChI=1S/C12H13N3O2S/c1-17-10(16)6-12(2-3-12)8-18-11-9(7-13)14-4-5-15-11/h4-5H,2-3,6,8H2,1H3. The number of nitrogens with zero attached hydrogens (tertiary/aromatic N) is 3. The van der Waals surface area contributed by atoms with Crippen LogP contribution in [0.3, 0.4) is 0 Å². The van der Waals surface area contributed by atoms with E-state index >= 15 is 0 Å². The minimum Gasteiger partial charge on any atom is -0.469 e. The molecule has 18 heavy (non-hydrogen) atoms. The first kappa shape index (κ1) is 12.8. The Bertz CT molecular complexity index is 494. The Balaban J connectivity index is 1.96. The smallest absolute Gasteiger partial charge is 0.306 e. The van der Waals surface area contributed by atoms with Gasteiger partial charge in [-0.25, -0.2) is 9.97 Å². The lowest BCUT2D eigenvalue weighted by Gasteiger charge is -2.12. The zero-order chi connectivity index (χ0) is 13.0. The van der Waals surface area contributed by atoms with E-state index in [9.17, 15) is 4.79 Å². The monoisotopic (exact) mass is 263 g/mol. The Morgan fingerprint density at radius 3 is 2.89 bits per heavy atom. The van der Waals surface area contributed by atoms with Crippen LogP contribution in [0.15, 0.2) is 17.4 Å². The third kappa shape index (κ3) is 2.99. The van der Waals surface area contributed by atoms with E-state index in [-0.39, 0.29) is 11.4 Å². The van der Waals surface area contributed by atoms with Crippen molar-refractivity contribution in [3.8, 4) is 6.07 Å². The van der Waals surface area contributed by atoms with Crippen LogP contribution in [0.2, 0.25) is 0 Å². The fourth-order valence-corrected chi connectivity index (χ4v) is 2.86. The first-order valence-corrected chi connectivity index (χ1v) is 6.58. The molecular formula is C12H13N3O2S. The number of hydrogen-bond donors (Lipinski definition) is 0. The number of methoxy groups -OCH3 is 1. The van der Waals surface area contributed by atoms with Gasteiger partial charge in [0.25, 0.3) is 0 Å². The minimum absolute atomic E-state index is 0.0298. The van der Waals surface area contributed by atoms with Gasteiger partial charge in [-0.15, -0.1) is 11.8 Å². The van der Waals surface area contributed by atoms with Gasteiger partial charge >= 0.3 is 5.97 Å². The lowest BCUT2D eigenvalue weighted by molar-refractivity contribution is -0.141. The molecule has 1 aliphatic rings. The Kier molecular flexibility index (Phi) is 3.82. The van der Waals surface area contributed by atoms with E-state index in [2.05, 4.69) is 9.97 Å². The number of esters is 1. The lowest BCUT2D eigenvalue weighted by atomic mass is 10.1. The molecule has 1 saturated carbocycles. The van der Waals surface area contributed by atoms with E-state index in [0.29, 0.717) is 17.1 Å². The molecule has 2 rings (SSSR count). The van der Waals surface area contributed by atoms with E-state index in [1.807, 2.05) is 6.07 Å². The summed E-state index contributed by atoms with van der Waals surface area (Å²) >= 11 is 1.49. The molecule has 0 aromatic carbocycles.